The van der Waals surface area contributed by atoms with Crippen LogP contribution in [-0.2, 0) is 0 Å². The van der Waals surface area contributed by atoms with Crippen LogP contribution in [0.25, 0.3) is 0 Å². The molecule has 0 amide bonds. The highest BCUT2D eigenvalue weighted by atomic mass is 16.5. The van der Waals surface area contributed by atoms with Crippen molar-refractivity contribution in [3.05, 3.63) is 0 Å². The van der Waals surface area contributed by atoms with Gasteiger partial charge in [-0.05, 0) is 91.8 Å². The summed E-state index contributed by atoms with van der Waals surface area (Å²) in [6.07, 6.45) is 10.8. The molecule has 0 N–H and O–H groups in total. The summed E-state index contributed by atoms with van der Waals surface area (Å²) in [6.45, 7) is 20.8. The molecule has 39 heavy (non-hydrogen) atoms. The van der Waals surface area contributed by atoms with Crippen molar-refractivity contribution in [1.29, 1.82) is 0 Å². The first-order chi connectivity index (χ1) is 18.5. The van der Waals surface area contributed by atoms with Crippen LogP contribution in [0.2, 0.25) is 0 Å². The number of ether oxygens (including phenoxy) is 3. The summed E-state index contributed by atoms with van der Waals surface area (Å²) < 4.78 is 19.9. The van der Waals surface area contributed by atoms with E-state index < -0.39 is 0 Å². The molecule has 0 unspecified atom stereocenters. The molecule has 0 spiro atoms. The van der Waals surface area contributed by atoms with Gasteiger partial charge >= 0.3 is 18.0 Å². The highest BCUT2D eigenvalue weighted by Crippen LogP contribution is 2.39. The number of hydrogen-bond donors (Lipinski definition) is 0. The van der Waals surface area contributed by atoms with Gasteiger partial charge in [0.2, 0.25) is 0 Å². The normalized spacial score (nSPS) is 35.8. The minimum atomic E-state index is 0.105. The fourth-order valence-corrected chi connectivity index (χ4v) is 7.64. The van der Waals surface area contributed by atoms with E-state index in [4.69, 9.17) is 29.2 Å². The van der Waals surface area contributed by atoms with Gasteiger partial charge in [-0.15, -0.1) is 15.0 Å². The molecule has 4 rings (SSSR count). The van der Waals surface area contributed by atoms with Crippen molar-refractivity contribution in [3.63, 3.8) is 0 Å². The van der Waals surface area contributed by atoms with E-state index in [9.17, 15) is 0 Å². The Hall–Kier alpha value is -1.59. The maximum absolute atomic E-state index is 6.63. The lowest BCUT2D eigenvalue weighted by atomic mass is 9.75. The molecule has 6 nitrogen and oxygen atoms in total. The maximum Gasteiger partial charge on any atom is 0.326 e. The Morgan fingerprint density at radius 1 is 0.462 bits per heavy atom. The van der Waals surface area contributed by atoms with Gasteiger partial charge in [0.15, 0.2) is 0 Å². The lowest BCUT2D eigenvalue weighted by Gasteiger charge is -2.38. The zero-order chi connectivity index (χ0) is 28.3. The highest BCUT2D eigenvalue weighted by molar-refractivity contribution is 5.11. The molecule has 3 saturated carbocycles. The molecule has 1 heterocycles. The van der Waals surface area contributed by atoms with Gasteiger partial charge in [0.25, 0.3) is 0 Å². The van der Waals surface area contributed by atoms with Gasteiger partial charge in [0.1, 0.15) is 18.3 Å². The fourth-order valence-electron chi connectivity index (χ4n) is 7.64. The van der Waals surface area contributed by atoms with Gasteiger partial charge in [-0.1, -0.05) is 81.6 Å². The smallest absolute Gasteiger partial charge is 0.326 e. The van der Waals surface area contributed by atoms with Crippen LogP contribution in [0.3, 0.4) is 0 Å². The lowest BCUT2D eigenvalue weighted by Crippen LogP contribution is -2.38. The van der Waals surface area contributed by atoms with Crippen LogP contribution >= 0.6 is 0 Å². The number of rotatable bonds is 9. The molecule has 9 atom stereocenters. The quantitative estimate of drug-likeness (QED) is 0.311. The lowest BCUT2D eigenvalue weighted by molar-refractivity contribution is 0.0190. The van der Waals surface area contributed by atoms with Gasteiger partial charge in [-0.3, -0.25) is 0 Å². The first-order valence-corrected chi connectivity index (χ1v) is 16.3. The molecule has 3 fully saturated rings. The van der Waals surface area contributed by atoms with Gasteiger partial charge in [-0.2, -0.15) is 0 Å². The molecule has 1 aromatic rings. The summed E-state index contributed by atoms with van der Waals surface area (Å²) in [4.78, 5) is 14.3. The Kier molecular flexibility index (Phi) is 10.4. The summed E-state index contributed by atoms with van der Waals surface area (Å²) in [7, 11) is 0. The van der Waals surface area contributed by atoms with E-state index in [1.54, 1.807) is 0 Å². The fraction of sp³-hybridized carbons (Fsp3) is 0.909. The van der Waals surface area contributed by atoms with Crippen molar-refractivity contribution in [1.82, 2.24) is 15.0 Å². The van der Waals surface area contributed by atoms with Crippen LogP contribution < -0.4 is 14.2 Å². The first kappa shape index (κ1) is 30.4. The van der Waals surface area contributed by atoms with E-state index in [0.717, 1.165) is 19.3 Å². The van der Waals surface area contributed by atoms with E-state index in [1.807, 2.05) is 0 Å². The van der Waals surface area contributed by atoms with E-state index in [2.05, 4.69) is 62.3 Å². The molecule has 6 heteroatoms. The zero-order valence-electron chi connectivity index (χ0n) is 26.4. The number of nitrogens with zero attached hydrogens (tertiary/aromatic N) is 3. The van der Waals surface area contributed by atoms with Crippen molar-refractivity contribution in [2.24, 2.45) is 53.3 Å². The summed E-state index contributed by atoms with van der Waals surface area (Å²) >= 11 is 0. The van der Waals surface area contributed by atoms with Gasteiger partial charge in [0, 0.05) is 0 Å². The molecule has 0 radical (unpaired) electrons. The third-order valence-corrected chi connectivity index (χ3v) is 10.2. The van der Waals surface area contributed by atoms with Crippen molar-refractivity contribution in [2.45, 2.75) is 138 Å². The first-order valence-electron chi connectivity index (χ1n) is 16.3. The molecule has 0 saturated heterocycles. The maximum atomic E-state index is 6.63. The molecule has 3 aliphatic rings. The minimum Gasteiger partial charge on any atom is -0.460 e. The van der Waals surface area contributed by atoms with E-state index >= 15 is 0 Å². The zero-order valence-corrected chi connectivity index (χ0v) is 26.4. The third-order valence-electron chi connectivity index (χ3n) is 10.2. The van der Waals surface area contributed by atoms with Crippen molar-refractivity contribution >= 4 is 0 Å². The highest BCUT2D eigenvalue weighted by Gasteiger charge is 2.37. The molecular formula is C33H57N3O3. The van der Waals surface area contributed by atoms with E-state index in [0.29, 0.717) is 71.3 Å². The summed E-state index contributed by atoms with van der Waals surface area (Å²) in [5, 5.41) is 0. The molecule has 0 aromatic carbocycles. The largest absolute Gasteiger partial charge is 0.460 e. The number of hydrogen-bond acceptors (Lipinski definition) is 6. The van der Waals surface area contributed by atoms with Crippen LogP contribution in [0.5, 0.6) is 18.0 Å². The van der Waals surface area contributed by atoms with Crippen LogP contribution in [0.1, 0.15) is 120 Å². The summed E-state index contributed by atoms with van der Waals surface area (Å²) in [6, 6.07) is 1.11. The third kappa shape index (κ3) is 8.00. The summed E-state index contributed by atoms with van der Waals surface area (Å²) in [5.41, 5.74) is 0. The minimum absolute atomic E-state index is 0.105. The Balaban J connectivity index is 1.62. The molecule has 1 aromatic heterocycles. The molecule has 0 aliphatic heterocycles. The standard InChI is InChI=1S/C33H57N3O3/c1-19(2)25-13-10-22(7)16-28(25)37-31-34-32(38-29-17-23(8)11-14-26(29)20(3)4)36-33(35-31)39-30-18-24(9)12-15-27(30)21(5)6/h19-30H,10-18H2,1-9H3/t22-,23-,24-,25+,26+,27+,28-,29-,30-/m1/s1. The topological polar surface area (TPSA) is 66.4 Å². The Morgan fingerprint density at radius 2 is 0.718 bits per heavy atom. The van der Waals surface area contributed by atoms with Gasteiger partial charge < -0.3 is 14.2 Å². The molecule has 222 valence electrons. The second kappa shape index (κ2) is 13.4. The van der Waals surface area contributed by atoms with Crippen molar-refractivity contribution < 1.29 is 14.2 Å². The average molecular weight is 544 g/mol. The predicted molar refractivity (Wildman–Crippen MR) is 157 cm³/mol. The Morgan fingerprint density at radius 3 is 0.949 bits per heavy atom. The van der Waals surface area contributed by atoms with Crippen molar-refractivity contribution in [2.75, 3.05) is 0 Å². The van der Waals surface area contributed by atoms with Crippen LogP contribution in [-0.4, -0.2) is 33.3 Å². The van der Waals surface area contributed by atoms with Crippen LogP contribution in [0.4, 0.5) is 0 Å². The molecule has 3 aliphatic carbocycles. The Labute approximate surface area is 238 Å². The predicted octanol–water partition coefficient (Wildman–Crippen LogP) is 8.39. The average Bonchev–Trinajstić information content (AvgIpc) is 2.83. The monoisotopic (exact) mass is 543 g/mol. The van der Waals surface area contributed by atoms with E-state index in [-0.39, 0.29) is 18.3 Å². The second-order valence-electron chi connectivity index (χ2n) is 14.6. The van der Waals surface area contributed by atoms with Crippen LogP contribution in [0, 0.1) is 53.3 Å². The van der Waals surface area contributed by atoms with Gasteiger partial charge in [0.05, 0.1) is 0 Å². The second-order valence-corrected chi connectivity index (χ2v) is 14.6. The summed E-state index contributed by atoms with van der Waals surface area (Å²) in [5.74, 6) is 5.10. The molecular weight excluding hydrogens is 486 g/mol. The number of aromatic nitrogens is 3. The van der Waals surface area contributed by atoms with Gasteiger partial charge in [-0.25, -0.2) is 0 Å². The SMILES string of the molecule is CC(C)[C@@H]1CC[C@@H](C)C[C@H]1Oc1nc(O[C@@H]2C[C@H](C)CC[C@H]2C(C)C)nc(O[C@@H]2C[C@H](C)CC[C@H]2C(C)C)n1. The van der Waals surface area contributed by atoms with Crippen LogP contribution in [0.15, 0.2) is 0 Å². The van der Waals surface area contributed by atoms with Crippen molar-refractivity contribution in [3.8, 4) is 18.0 Å². The van der Waals surface area contributed by atoms with E-state index in [1.165, 1.54) is 38.5 Å². The molecule has 0 bridgehead atoms. The Bertz CT molecular complexity index is 780.